The number of benzene rings is 2. The number of para-hydroxylation sites is 1. The molecule has 9 heteroatoms. The number of nitrogens with one attached hydrogen (secondary N) is 1. The van der Waals surface area contributed by atoms with E-state index >= 15 is 0 Å². The molecule has 0 unspecified atom stereocenters. The van der Waals surface area contributed by atoms with Crippen molar-refractivity contribution in [2.45, 2.75) is 13.3 Å². The SMILES string of the molecule is COc1ccc(C)cc1N1C[C@H](C(=O)OCC(=O)Nc2c(F)cccc2F)CC1=O. The Kier molecular flexibility index (Phi) is 6.29. The molecule has 1 fully saturated rings. The van der Waals surface area contributed by atoms with Gasteiger partial charge in [-0.1, -0.05) is 12.1 Å². The molecule has 1 N–H and O–H groups in total. The second kappa shape index (κ2) is 8.89. The Balaban J connectivity index is 1.60. The summed E-state index contributed by atoms with van der Waals surface area (Å²) in [6.45, 7) is 1.21. The summed E-state index contributed by atoms with van der Waals surface area (Å²) in [6.07, 6.45) is -0.0838. The Hall–Kier alpha value is -3.49. The number of halogens is 2. The third-order valence-corrected chi connectivity index (χ3v) is 4.66. The van der Waals surface area contributed by atoms with E-state index in [4.69, 9.17) is 9.47 Å². The van der Waals surface area contributed by atoms with Crippen LogP contribution in [0.4, 0.5) is 20.2 Å². The van der Waals surface area contributed by atoms with Gasteiger partial charge in [0.2, 0.25) is 5.91 Å². The molecule has 2 amide bonds. The highest BCUT2D eigenvalue weighted by Crippen LogP contribution is 2.34. The van der Waals surface area contributed by atoms with Crippen LogP contribution in [-0.2, 0) is 19.1 Å². The predicted octanol–water partition coefficient (Wildman–Crippen LogP) is 2.82. The topological polar surface area (TPSA) is 84.9 Å². The number of hydrogen-bond donors (Lipinski definition) is 1. The number of rotatable bonds is 6. The fraction of sp³-hybridized carbons (Fsp3) is 0.286. The molecule has 158 valence electrons. The summed E-state index contributed by atoms with van der Waals surface area (Å²) in [5.74, 6) is -4.10. The van der Waals surface area contributed by atoms with Crippen molar-refractivity contribution in [1.29, 1.82) is 0 Å². The van der Waals surface area contributed by atoms with E-state index in [0.29, 0.717) is 11.4 Å². The van der Waals surface area contributed by atoms with E-state index < -0.39 is 41.7 Å². The Labute approximate surface area is 171 Å². The second-order valence-corrected chi connectivity index (χ2v) is 6.83. The molecule has 2 aromatic rings. The zero-order valence-electron chi connectivity index (χ0n) is 16.4. The van der Waals surface area contributed by atoms with Gasteiger partial charge in [-0.25, -0.2) is 8.78 Å². The molecule has 0 aromatic heterocycles. The van der Waals surface area contributed by atoms with Gasteiger partial charge in [-0.15, -0.1) is 0 Å². The van der Waals surface area contributed by atoms with Gasteiger partial charge < -0.3 is 19.7 Å². The van der Waals surface area contributed by atoms with E-state index in [2.05, 4.69) is 0 Å². The Morgan fingerprint density at radius 1 is 1.20 bits per heavy atom. The highest BCUT2D eigenvalue weighted by atomic mass is 19.1. The number of carbonyl (C=O) groups is 3. The lowest BCUT2D eigenvalue weighted by atomic mass is 10.1. The van der Waals surface area contributed by atoms with Crippen LogP contribution < -0.4 is 15.0 Å². The molecule has 0 spiro atoms. The van der Waals surface area contributed by atoms with Crippen molar-refractivity contribution >= 4 is 29.2 Å². The van der Waals surface area contributed by atoms with Crippen molar-refractivity contribution in [1.82, 2.24) is 0 Å². The zero-order chi connectivity index (χ0) is 21.8. The quantitative estimate of drug-likeness (QED) is 0.730. The molecule has 1 heterocycles. The highest BCUT2D eigenvalue weighted by Gasteiger charge is 2.37. The van der Waals surface area contributed by atoms with E-state index in [9.17, 15) is 23.2 Å². The normalized spacial score (nSPS) is 15.8. The molecular formula is C21H20F2N2O5. The van der Waals surface area contributed by atoms with Gasteiger partial charge in [-0.3, -0.25) is 14.4 Å². The van der Waals surface area contributed by atoms with Gasteiger partial charge in [0.25, 0.3) is 5.91 Å². The van der Waals surface area contributed by atoms with Gasteiger partial charge in [-0.2, -0.15) is 0 Å². The number of esters is 1. The highest BCUT2D eigenvalue weighted by molar-refractivity contribution is 6.01. The van der Waals surface area contributed by atoms with Crippen molar-refractivity contribution in [2.75, 3.05) is 30.5 Å². The maximum atomic E-state index is 13.6. The fourth-order valence-electron chi connectivity index (χ4n) is 3.16. The Bertz CT molecular complexity index is 975. The van der Waals surface area contributed by atoms with Crippen LogP contribution in [0.25, 0.3) is 0 Å². The summed E-state index contributed by atoms with van der Waals surface area (Å²) >= 11 is 0. The summed E-state index contributed by atoms with van der Waals surface area (Å²) in [5, 5.41) is 2.03. The number of carbonyl (C=O) groups excluding carboxylic acids is 3. The van der Waals surface area contributed by atoms with Crippen LogP contribution in [0.15, 0.2) is 36.4 Å². The lowest BCUT2D eigenvalue weighted by molar-refractivity contribution is -0.151. The van der Waals surface area contributed by atoms with Gasteiger partial charge >= 0.3 is 5.97 Å². The molecule has 7 nitrogen and oxygen atoms in total. The standard InChI is InChI=1S/C21H20F2N2O5/c1-12-6-7-17(29-2)16(8-12)25-10-13(9-19(25)27)21(28)30-11-18(26)24-20-14(22)4-3-5-15(20)23/h3-8,13H,9-11H2,1-2H3,(H,24,26)/t13-/m1/s1. The van der Waals surface area contributed by atoms with Gasteiger partial charge in [-0.05, 0) is 36.8 Å². The van der Waals surface area contributed by atoms with E-state index in [-0.39, 0.29) is 18.9 Å². The number of amides is 2. The summed E-state index contributed by atoms with van der Waals surface area (Å²) in [7, 11) is 1.48. The monoisotopic (exact) mass is 418 g/mol. The second-order valence-electron chi connectivity index (χ2n) is 6.83. The van der Waals surface area contributed by atoms with Crippen molar-refractivity contribution < 1.29 is 32.6 Å². The van der Waals surface area contributed by atoms with Crippen LogP contribution in [0.2, 0.25) is 0 Å². The van der Waals surface area contributed by atoms with Crippen molar-refractivity contribution in [3.05, 3.63) is 53.6 Å². The first-order valence-corrected chi connectivity index (χ1v) is 9.15. The molecule has 30 heavy (non-hydrogen) atoms. The molecular weight excluding hydrogens is 398 g/mol. The van der Waals surface area contributed by atoms with Crippen LogP contribution in [0.3, 0.4) is 0 Å². The predicted molar refractivity (Wildman–Crippen MR) is 104 cm³/mol. The van der Waals surface area contributed by atoms with Crippen LogP contribution >= 0.6 is 0 Å². The van der Waals surface area contributed by atoms with Crippen LogP contribution in [0, 0.1) is 24.5 Å². The van der Waals surface area contributed by atoms with Crippen molar-refractivity contribution in [2.24, 2.45) is 5.92 Å². The summed E-state index contributed by atoms with van der Waals surface area (Å²) in [4.78, 5) is 38.1. The van der Waals surface area contributed by atoms with Crippen molar-refractivity contribution in [3.63, 3.8) is 0 Å². The third-order valence-electron chi connectivity index (χ3n) is 4.66. The molecule has 1 atom stereocenters. The number of aryl methyl sites for hydroxylation is 1. The molecule has 3 rings (SSSR count). The molecule has 2 aromatic carbocycles. The smallest absolute Gasteiger partial charge is 0.311 e. The molecule has 0 radical (unpaired) electrons. The lowest BCUT2D eigenvalue weighted by Gasteiger charge is -2.20. The Morgan fingerprint density at radius 2 is 1.90 bits per heavy atom. The molecule has 0 bridgehead atoms. The first-order valence-electron chi connectivity index (χ1n) is 9.15. The third kappa shape index (κ3) is 4.56. The van der Waals surface area contributed by atoms with Crippen molar-refractivity contribution in [3.8, 4) is 5.75 Å². The minimum atomic E-state index is -0.946. The number of ether oxygens (including phenoxy) is 2. The largest absolute Gasteiger partial charge is 0.495 e. The van der Waals surface area contributed by atoms with Gasteiger partial charge in [0.1, 0.15) is 23.1 Å². The minimum absolute atomic E-state index is 0.0705. The van der Waals surface area contributed by atoms with E-state index in [1.807, 2.05) is 18.3 Å². The number of nitrogens with zero attached hydrogens (tertiary/aromatic N) is 1. The number of methoxy groups -OCH3 is 1. The fourth-order valence-corrected chi connectivity index (χ4v) is 3.16. The number of hydrogen-bond acceptors (Lipinski definition) is 5. The molecule has 1 aliphatic heterocycles. The van der Waals surface area contributed by atoms with Crippen LogP contribution in [0.5, 0.6) is 5.75 Å². The average molecular weight is 418 g/mol. The molecule has 0 saturated carbocycles. The maximum Gasteiger partial charge on any atom is 0.311 e. The molecule has 1 aliphatic rings. The van der Waals surface area contributed by atoms with E-state index in [1.165, 1.54) is 12.0 Å². The Morgan fingerprint density at radius 3 is 2.57 bits per heavy atom. The molecule has 0 aliphatic carbocycles. The summed E-state index contributed by atoms with van der Waals surface area (Å²) in [6, 6.07) is 8.49. The van der Waals surface area contributed by atoms with Crippen LogP contribution in [-0.4, -0.2) is 38.0 Å². The first kappa shape index (κ1) is 21.2. The summed E-state index contributed by atoms with van der Waals surface area (Å²) in [5.41, 5.74) is 0.847. The maximum absolute atomic E-state index is 13.6. The minimum Gasteiger partial charge on any atom is -0.495 e. The first-order chi connectivity index (χ1) is 14.3. The van der Waals surface area contributed by atoms with Gasteiger partial charge in [0.15, 0.2) is 6.61 Å². The summed E-state index contributed by atoms with van der Waals surface area (Å²) < 4.78 is 37.4. The average Bonchev–Trinajstić information content (AvgIpc) is 3.10. The molecule has 1 saturated heterocycles. The number of anilines is 2. The van der Waals surface area contributed by atoms with Gasteiger partial charge in [0.05, 0.1) is 18.7 Å². The zero-order valence-corrected chi connectivity index (χ0v) is 16.4. The van der Waals surface area contributed by atoms with Crippen LogP contribution in [0.1, 0.15) is 12.0 Å². The lowest BCUT2D eigenvalue weighted by Crippen LogP contribution is -2.28. The van der Waals surface area contributed by atoms with E-state index in [1.54, 1.807) is 12.1 Å². The van der Waals surface area contributed by atoms with E-state index in [0.717, 1.165) is 23.8 Å². The van der Waals surface area contributed by atoms with Gasteiger partial charge in [0, 0.05) is 13.0 Å².